The van der Waals surface area contributed by atoms with Crippen LogP contribution >= 0.6 is 11.6 Å². The molecule has 9 heteroatoms. The van der Waals surface area contributed by atoms with Crippen LogP contribution in [0.3, 0.4) is 0 Å². The van der Waals surface area contributed by atoms with E-state index >= 15 is 0 Å². The molecule has 7 nitrogen and oxygen atoms in total. The zero-order valence-corrected chi connectivity index (χ0v) is 15.2. The van der Waals surface area contributed by atoms with Gasteiger partial charge in [0.15, 0.2) is 6.07 Å². The third kappa shape index (κ3) is 21.4. The Morgan fingerprint density at radius 2 is 1.36 bits per heavy atom. The topological polar surface area (TPSA) is 96.0 Å². The van der Waals surface area contributed by atoms with Crippen molar-refractivity contribution in [3.63, 3.8) is 0 Å². The third-order valence-corrected chi connectivity index (χ3v) is 2.48. The summed E-state index contributed by atoms with van der Waals surface area (Å²) >= 11 is 5.14. The molecule has 0 aromatic heterocycles. The summed E-state index contributed by atoms with van der Waals surface area (Å²) in [5.74, 6) is -0.148. The minimum atomic E-state index is -3.53. The highest BCUT2D eigenvalue weighted by molar-refractivity contribution is 7.85. The van der Waals surface area contributed by atoms with Crippen molar-refractivity contribution in [1.82, 2.24) is 0 Å². The van der Waals surface area contributed by atoms with Crippen molar-refractivity contribution in [2.75, 3.05) is 19.1 Å². The highest BCUT2D eigenvalue weighted by Gasteiger charge is 2.08. The average molecular weight is 361 g/mol. The van der Waals surface area contributed by atoms with Crippen LogP contribution < -0.4 is 0 Å². The summed E-state index contributed by atoms with van der Waals surface area (Å²) in [4.78, 5) is 21.4. The molecule has 0 rings (SSSR count). The molecule has 0 atom stereocenters. The molecule has 0 N–H and O–H groups in total. The molecule has 0 aliphatic rings. The van der Waals surface area contributed by atoms with Gasteiger partial charge in [0.05, 0.1) is 6.26 Å². The first kappa shape index (κ1) is 23.4. The number of hydrogen-bond acceptors (Lipinski definition) is 7. The van der Waals surface area contributed by atoms with Gasteiger partial charge in [-0.25, -0.2) is 4.18 Å². The molecule has 0 saturated carbocycles. The number of hydrogen-bond donors (Lipinski definition) is 0. The molecule has 0 aromatic carbocycles. The normalized spacial score (nSPS) is 10.9. The average Bonchev–Trinajstić information content (AvgIpc) is 2.25. The molecule has 0 amide bonds. The van der Waals surface area contributed by atoms with E-state index < -0.39 is 22.9 Å². The fourth-order valence-corrected chi connectivity index (χ4v) is 1.37. The maximum absolute atomic E-state index is 10.8. The summed E-state index contributed by atoms with van der Waals surface area (Å²) in [6, 6.07) is -0.0362. The predicted molar refractivity (Wildman–Crippen MR) is 82.6 cm³/mol. The number of alkyl halides is 1. The molecule has 22 heavy (non-hydrogen) atoms. The van der Waals surface area contributed by atoms with E-state index in [2.05, 4.69) is 13.7 Å². The molecule has 0 aliphatic carbocycles. The zero-order valence-electron chi connectivity index (χ0n) is 13.6. The zero-order chi connectivity index (χ0) is 17.8. The van der Waals surface area contributed by atoms with Crippen LogP contribution in [0.25, 0.3) is 0 Å². The van der Waals surface area contributed by atoms with Crippen LogP contribution in [0.15, 0.2) is 0 Å². The van der Waals surface area contributed by atoms with Crippen molar-refractivity contribution in [3.8, 4) is 0 Å². The second-order valence-corrected chi connectivity index (χ2v) is 7.14. The summed E-state index contributed by atoms with van der Waals surface area (Å²) in [7, 11) is -3.53. The molecule has 0 aromatic rings. The van der Waals surface area contributed by atoms with Crippen molar-refractivity contribution in [2.24, 2.45) is 11.8 Å². The molecule has 0 spiro atoms. The van der Waals surface area contributed by atoms with Gasteiger partial charge in [-0.2, -0.15) is 8.42 Å². The van der Waals surface area contributed by atoms with Crippen LogP contribution in [-0.4, -0.2) is 39.5 Å². The van der Waals surface area contributed by atoms with Crippen molar-refractivity contribution < 1.29 is 31.7 Å². The first-order valence-corrected chi connectivity index (χ1v) is 9.04. The molecular formula is C13H25ClO7S. The number of esters is 2. The maximum Gasteiger partial charge on any atom is 0.308 e. The Morgan fingerprint density at radius 3 is 1.68 bits per heavy atom. The van der Waals surface area contributed by atoms with E-state index in [0.717, 1.165) is 6.26 Å². The SMILES string of the molecule is CC(C)CC(=O)OCCl.CC(C)CC(=O)OCOS(C)(=O)=O. The number of carbonyl (C=O) groups is 2. The third-order valence-electron chi connectivity index (χ3n) is 1.85. The summed E-state index contributed by atoms with van der Waals surface area (Å²) < 4.78 is 34.0. The lowest BCUT2D eigenvalue weighted by molar-refractivity contribution is -0.150. The van der Waals surface area contributed by atoms with Gasteiger partial charge < -0.3 is 9.47 Å². The van der Waals surface area contributed by atoms with Crippen molar-refractivity contribution in [1.29, 1.82) is 0 Å². The number of carbonyl (C=O) groups excluding carboxylic acids is 2. The van der Waals surface area contributed by atoms with Gasteiger partial charge in [-0.05, 0) is 11.8 Å². The Kier molecular flexibility index (Phi) is 13.5. The monoisotopic (exact) mass is 360 g/mol. The van der Waals surface area contributed by atoms with Crippen LogP contribution in [0.4, 0.5) is 0 Å². The largest absolute Gasteiger partial charge is 0.449 e. The Balaban J connectivity index is 0. The number of rotatable bonds is 8. The first-order valence-electron chi connectivity index (χ1n) is 6.69. The van der Waals surface area contributed by atoms with Gasteiger partial charge in [0, 0.05) is 12.8 Å². The molecular weight excluding hydrogens is 336 g/mol. The highest BCUT2D eigenvalue weighted by atomic mass is 35.5. The van der Waals surface area contributed by atoms with E-state index in [-0.39, 0.29) is 24.4 Å². The summed E-state index contributed by atoms with van der Waals surface area (Å²) in [5.41, 5.74) is 0. The van der Waals surface area contributed by atoms with Gasteiger partial charge in [-0.3, -0.25) is 9.59 Å². The van der Waals surface area contributed by atoms with Crippen molar-refractivity contribution >= 4 is 33.7 Å². The van der Waals surface area contributed by atoms with Gasteiger partial charge in [0.1, 0.15) is 0 Å². The van der Waals surface area contributed by atoms with Gasteiger partial charge >= 0.3 is 11.9 Å². The van der Waals surface area contributed by atoms with Crippen molar-refractivity contribution in [3.05, 3.63) is 0 Å². The van der Waals surface area contributed by atoms with E-state index in [1.165, 1.54) is 0 Å². The van der Waals surface area contributed by atoms with E-state index in [4.69, 9.17) is 11.6 Å². The fourth-order valence-electron chi connectivity index (χ4n) is 1.02. The Labute approximate surface area is 137 Å². The van der Waals surface area contributed by atoms with E-state index in [0.29, 0.717) is 12.3 Å². The molecule has 0 unspecified atom stereocenters. The lowest BCUT2D eigenvalue weighted by Gasteiger charge is -2.05. The molecule has 0 fully saturated rings. The lowest BCUT2D eigenvalue weighted by atomic mass is 10.1. The number of halogens is 1. The smallest absolute Gasteiger partial charge is 0.308 e. The quantitative estimate of drug-likeness (QED) is 0.283. The molecule has 0 aliphatic heterocycles. The van der Waals surface area contributed by atoms with Gasteiger partial charge in [-0.1, -0.05) is 39.3 Å². The van der Waals surface area contributed by atoms with Crippen LogP contribution in [-0.2, 0) is 33.4 Å². The van der Waals surface area contributed by atoms with E-state index in [1.54, 1.807) is 0 Å². The summed E-state index contributed by atoms with van der Waals surface area (Å²) in [5, 5.41) is 0. The van der Waals surface area contributed by atoms with Gasteiger partial charge in [0.25, 0.3) is 10.1 Å². The minimum absolute atomic E-state index is 0.0362. The molecule has 132 valence electrons. The minimum Gasteiger partial charge on any atom is -0.449 e. The molecule has 0 heterocycles. The highest BCUT2D eigenvalue weighted by Crippen LogP contribution is 2.01. The summed E-state index contributed by atoms with van der Waals surface area (Å²) in [6.45, 7) is 7.09. The fraction of sp³-hybridized carbons (Fsp3) is 0.846. The lowest BCUT2D eigenvalue weighted by Crippen LogP contribution is -2.13. The molecule has 0 saturated heterocycles. The van der Waals surface area contributed by atoms with E-state index in [9.17, 15) is 18.0 Å². The first-order chi connectivity index (χ1) is 9.97. The summed E-state index contributed by atoms with van der Waals surface area (Å²) in [6.07, 6.45) is 1.60. The second kappa shape index (κ2) is 12.7. The van der Waals surface area contributed by atoms with Crippen LogP contribution in [0, 0.1) is 11.8 Å². The van der Waals surface area contributed by atoms with Crippen LogP contribution in [0.5, 0.6) is 0 Å². The maximum atomic E-state index is 10.8. The van der Waals surface area contributed by atoms with Gasteiger partial charge in [0.2, 0.25) is 6.79 Å². The Bertz CT molecular complexity index is 418. The number of ether oxygens (including phenoxy) is 2. The standard InChI is InChI=1S/C7H14O5S.C6H11ClO2/c1-6(2)4-7(8)11-5-12-13(3,9)10;1-5(2)3-6(8)9-4-7/h6H,4-5H2,1-3H3;5H,3-4H2,1-2H3. The molecule has 0 radical (unpaired) electrons. The second-order valence-electron chi connectivity index (χ2n) is 5.28. The van der Waals surface area contributed by atoms with Gasteiger partial charge in [-0.15, -0.1) is 0 Å². The van der Waals surface area contributed by atoms with Crippen molar-refractivity contribution in [2.45, 2.75) is 40.5 Å². The van der Waals surface area contributed by atoms with E-state index in [1.807, 2.05) is 27.7 Å². The Morgan fingerprint density at radius 1 is 0.955 bits per heavy atom. The van der Waals surface area contributed by atoms with Crippen LogP contribution in [0.2, 0.25) is 0 Å². The predicted octanol–water partition coefficient (Wildman–Crippen LogP) is 2.28. The van der Waals surface area contributed by atoms with Crippen LogP contribution in [0.1, 0.15) is 40.5 Å². The molecule has 0 bridgehead atoms. The Hall–Kier alpha value is -0.860.